The van der Waals surface area contributed by atoms with Crippen LogP contribution in [0.2, 0.25) is 0 Å². The van der Waals surface area contributed by atoms with E-state index in [9.17, 15) is 5.11 Å². The third-order valence-corrected chi connectivity index (χ3v) is 5.38. The summed E-state index contributed by atoms with van der Waals surface area (Å²) in [5.41, 5.74) is 2.31. The summed E-state index contributed by atoms with van der Waals surface area (Å²) in [6.45, 7) is 2.92. The Morgan fingerprint density at radius 2 is 2.19 bits per heavy atom. The number of pyridine rings is 1. The Bertz CT molecular complexity index is 463. The highest BCUT2D eigenvalue weighted by atomic mass is 16.5. The van der Waals surface area contributed by atoms with E-state index in [0.717, 1.165) is 31.4 Å². The number of nitrogens with zero attached hydrogens (tertiary/aromatic N) is 1. The van der Waals surface area contributed by atoms with Crippen molar-refractivity contribution in [2.75, 3.05) is 6.61 Å². The Hall–Kier alpha value is -0.930. The van der Waals surface area contributed by atoms with Crippen LogP contribution in [0, 0.1) is 5.92 Å². The van der Waals surface area contributed by atoms with Crippen molar-refractivity contribution >= 4 is 0 Å². The molecule has 0 bridgehead atoms. The van der Waals surface area contributed by atoms with E-state index in [2.05, 4.69) is 11.9 Å². The maximum Gasteiger partial charge on any atom is 0.0823 e. The molecule has 2 fully saturated rings. The molecule has 3 rings (SSSR count). The molecule has 0 aromatic carbocycles. The fraction of sp³-hybridized carbons (Fsp3) is 0.722. The first-order valence-corrected chi connectivity index (χ1v) is 8.49. The Morgan fingerprint density at radius 3 is 2.95 bits per heavy atom. The van der Waals surface area contributed by atoms with Crippen LogP contribution in [0.5, 0.6) is 0 Å². The fourth-order valence-corrected chi connectivity index (χ4v) is 4.16. The molecule has 2 unspecified atom stereocenters. The van der Waals surface area contributed by atoms with Gasteiger partial charge in [-0.2, -0.15) is 0 Å². The van der Waals surface area contributed by atoms with Gasteiger partial charge in [0.1, 0.15) is 0 Å². The third-order valence-electron chi connectivity index (χ3n) is 5.38. The minimum atomic E-state index is -0.370. The summed E-state index contributed by atoms with van der Waals surface area (Å²) in [4.78, 5) is 4.19. The molecule has 0 radical (unpaired) electrons. The van der Waals surface area contributed by atoms with E-state index in [1.165, 1.54) is 37.7 Å². The van der Waals surface area contributed by atoms with Crippen molar-refractivity contribution in [1.82, 2.24) is 4.98 Å². The number of aryl methyl sites for hydroxylation is 1. The predicted molar refractivity (Wildman–Crippen MR) is 83.1 cm³/mol. The van der Waals surface area contributed by atoms with E-state index in [1.54, 1.807) is 6.20 Å². The molecule has 0 amide bonds. The number of aliphatic hydroxyl groups is 1. The van der Waals surface area contributed by atoms with Crippen LogP contribution >= 0.6 is 0 Å². The van der Waals surface area contributed by atoms with Gasteiger partial charge in [0.05, 0.1) is 11.7 Å². The van der Waals surface area contributed by atoms with Gasteiger partial charge in [0.25, 0.3) is 0 Å². The summed E-state index contributed by atoms with van der Waals surface area (Å²) in [6.07, 6.45) is 12.5. The van der Waals surface area contributed by atoms with Gasteiger partial charge in [-0.3, -0.25) is 4.98 Å². The van der Waals surface area contributed by atoms with E-state index >= 15 is 0 Å². The standard InChI is InChI=1S/C18H27NO2/c1-2-14-13-19-10-6-16(14)17(20)15-7-11-21-18(12-15)8-4-3-5-9-18/h6,10,13,15,17,20H,2-5,7-9,11-12H2,1H3. The van der Waals surface area contributed by atoms with Crippen LogP contribution < -0.4 is 0 Å². The zero-order chi connectivity index (χ0) is 14.7. The van der Waals surface area contributed by atoms with Crippen LogP contribution in [0.3, 0.4) is 0 Å². The molecule has 1 saturated carbocycles. The van der Waals surface area contributed by atoms with E-state index < -0.39 is 0 Å². The lowest BCUT2D eigenvalue weighted by Crippen LogP contribution is -2.42. The zero-order valence-corrected chi connectivity index (χ0v) is 13.1. The van der Waals surface area contributed by atoms with Crippen molar-refractivity contribution in [2.45, 2.75) is 70.0 Å². The van der Waals surface area contributed by atoms with Crippen LogP contribution in [-0.2, 0) is 11.2 Å². The molecule has 1 aromatic rings. The smallest absolute Gasteiger partial charge is 0.0823 e. The van der Waals surface area contributed by atoms with Crippen LogP contribution in [0.1, 0.15) is 69.1 Å². The number of rotatable bonds is 3. The molecule has 2 aliphatic rings. The van der Waals surface area contributed by atoms with Crippen molar-refractivity contribution in [3.05, 3.63) is 29.6 Å². The van der Waals surface area contributed by atoms with Gasteiger partial charge >= 0.3 is 0 Å². The largest absolute Gasteiger partial charge is 0.388 e. The molecule has 1 saturated heterocycles. The Labute approximate surface area is 127 Å². The lowest BCUT2D eigenvalue weighted by atomic mass is 9.73. The summed E-state index contributed by atoms with van der Waals surface area (Å²) in [5.74, 6) is 0.324. The molecule has 1 aromatic heterocycles. The van der Waals surface area contributed by atoms with Gasteiger partial charge in [0.15, 0.2) is 0 Å². The highest BCUT2D eigenvalue weighted by Crippen LogP contribution is 2.44. The molecule has 1 aliphatic heterocycles. The van der Waals surface area contributed by atoms with Gasteiger partial charge in [-0.1, -0.05) is 26.2 Å². The van der Waals surface area contributed by atoms with Crippen molar-refractivity contribution in [1.29, 1.82) is 0 Å². The molecule has 3 heteroatoms. The summed E-state index contributed by atoms with van der Waals surface area (Å²) < 4.78 is 6.16. The second-order valence-corrected chi connectivity index (χ2v) is 6.72. The Kier molecular flexibility index (Phi) is 4.60. The summed E-state index contributed by atoms with van der Waals surface area (Å²) >= 11 is 0. The van der Waals surface area contributed by atoms with Gasteiger partial charge in [-0.25, -0.2) is 0 Å². The molecular weight excluding hydrogens is 262 g/mol. The normalized spacial score (nSPS) is 26.7. The molecule has 2 atom stereocenters. The zero-order valence-electron chi connectivity index (χ0n) is 13.1. The molecule has 21 heavy (non-hydrogen) atoms. The predicted octanol–water partition coefficient (Wildman–Crippen LogP) is 3.81. The highest BCUT2D eigenvalue weighted by Gasteiger charge is 2.40. The molecule has 1 aliphatic carbocycles. The number of ether oxygens (including phenoxy) is 1. The van der Waals surface area contributed by atoms with Crippen molar-refractivity contribution in [3.8, 4) is 0 Å². The third kappa shape index (κ3) is 3.14. The lowest BCUT2D eigenvalue weighted by molar-refractivity contribution is -0.134. The summed E-state index contributed by atoms with van der Waals surface area (Å²) in [6, 6.07) is 1.99. The van der Waals surface area contributed by atoms with Gasteiger partial charge in [0.2, 0.25) is 0 Å². The first-order chi connectivity index (χ1) is 10.2. The highest BCUT2D eigenvalue weighted by molar-refractivity contribution is 5.26. The second kappa shape index (κ2) is 6.45. The number of hydrogen-bond donors (Lipinski definition) is 1. The average Bonchev–Trinajstić information content (AvgIpc) is 2.55. The second-order valence-electron chi connectivity index (χ2n) is 6.72. The molecular formula is C18H27NO2. The molecule has 1 spiro atoms. The maximum absolute atomic E-state index is 10.9. The molecule has 3 nitrogen and oxygen atoms in total. The first-order valence-electron chi connectivity index (χ1n) is 8.49. The molecule has 116 valence electrons. The SMILES string of the molecule is CCc1cnccc1C(O)C1CCOC2(CCCCC2)C1. The monoisotopic (exact) mass is 289 g/mol. The van der Waals surface area contributed by atoms with Gasteiger partial charge in [-0.05, 0) is 55.2 Å². The minimum Gasteiger partial charge on any atom is -0.388 e. The van der Waals surface area contributed by atoms with Crippen molar-refractivity contribution < 1.29 is 9.84 Å². The Balaban J connectivity index is 1.76. The summed E-state index contributed by atoms with van der Waals surface area (Å²) in [7, 11) is 0. The summed E-state index contributed by atoms with van der Waals surface area (Å²) in [5, 5.41) is 10.9. The van der Waals surface area contributed by atoms with E-state index in [4.69, 9.17) is 4.74 Å². The first kappa shape index (κ1) is 15.0. The van der Waals surface area contributed by atoms with Crippen LogP contribution in [0.15, 0.2) is 18.5 Å². The van der Waals surface area contributed by atoms with E-state index in [1.807, 2.05) is 12.3 Å². The lowest BCUT2D eigenvalue weighted by Gasteiger charge is -2.44. The van der Waals surface area contributed by atoms with Gasteiger partial charge in [0, 0.05) is 19.0 Å². The number of aliphatic hydroxyl groups excluding tert-OH is 1. The molecule has 2 heterocycles. The molecule has 1 N–H and O–H groups in total. The maximum atomic E-state index is 10.9. The number of hydrogen-bond acceptors (Lipinski definition) is 3. The van der Waals surface area contributed by atoms with E-state index in [0.29, 0.717) is 5.92 Å². The average molecular weight is 289 g/mol. The van der Waals surface area contributed by atoms with Crippen molar-refractivity contribution in [3.63, 3.8) is 0 Å². The van der Waals surface area contributed by atoms with Crippen LogP contribution in [0.4, 0.5) is 0 Å². The number of aromatic nitrogens is 1. The van der Waals surface area contributed by atoms with E-state index in [-0.39, 0.29) is 11.7 Å². The fourth-order valence-electron chi connectivity index (χ4n) is 4.16. The van der Waals surface area contributed by atoms with Crippen molar-refractivity contribution in [2.24, 2.45) is 5.92 Å². The van der Waals surface area contributed by atoms with Crippen LogP contribution in [-0.4, -0.2) is 22.3 Å². The van der Waals surface area contributed by atoms with Gasteiger partial charge in [-0.15, -0.1) is 0 Å². The van der Waals surface area contributed by atoms with Crippen LogP contribution in [0.25, 0.3) is 0 Å². The minimum absolute atomic E-state index is 0.0571. The topological polar surface area (TPSA) is 42.4 Å². The Morgan fingerprint density at radius 1 is 1.38 bits per heavy atom. The quantitative estimate of drug-likeness (QED) is 0.920. The van der Waals surface area contributed by atoms with Gasteiger partial charge < -0.3 is 9.84 Å².